The maximum Gasteiger partial charge on any atom is 0.241 e. The van der Waals surface area contributed by atoms with E-state index < -0.39 is 0 Å². The van der Waals surface area contributed by atoms with Crippen molar-refractivity contribution >= 4 is 35.8 Å². The summed E-state index contributed by atoms with van der Waals surface area (Å²) in [5, 5.41) is 9.08. The Bertz CT molecular complexity index is 537. The van der Waals surface area contributed by atoms with Crippen molar-refractivity contribution < 1.29 is 9.18 Å². The molecule has 0 aliphatic carbocycles. The topological polar surface area (TPSA) is 65.5 Å². The lowest BCUT2D eigenvalue weighted by Crippen LogP contribution is -2.39. The highest BCUT2D eigenvalue weighted by Crippen LogP contribution is 2.10. The molecule has 3 N–H and O–H groups in total. The van der Waals surface area contributed by atoms with Gasteiger partial charge in [-0.25, -0.2) is 9.38 Å². The van der Waals surface area contributed by atoms with Crippen LogP contribution in [-0.4, -0.2) is 38.0 Å². The number of aliphatic imine (C=N–C) groups is 1. The molecule has 0 unspecified atom stereocenters. The molecule has 0 spiro atoms. The average Bonchev–Trinajstić information content (AvgIpc) is 2.52. The van der Waals surface area contributed by atoms with Gasteiger partial charge in [0.05, 0.1) is 0 Å². The van der Waals surface area contributed by atoms with Gasteiger partial charge in [0.15, 0.2) is 5.96 Å². The number of carbonyl (C=O) groups excluding carboxylic acids is 1. The Kier molecular flexibility index (Phi) is 12.2. The van der Waals surface area contributed by atoms with Crippen LogP contribution >= 0.6 is 24.0 Å². The first-order chi connectivity index (χ1) is 11.1. The predicted molar refractivity (Wildman–Crippen MR) is 108 cm³/mol. The minimum Gasteiger partial charge on any atom is -0.357 e. The first-order valence-electron chi connectivity index (χ1n) is 8.10. The molecule has 0 saturated carbocycles. The van der Waals surface area contributed by atoms with Gasteiger partial charge in [-0.3, -0.25) is 4.79 Å². The molecule has 0 fully saturated rings. The van der Waals surface area contributed by atoms with Gasteiger partial charge < -0.3 is 16.0 Å². The molecule has 1 amide bonds. The number of aryl methyl sites for hydroxylation is 1. The predicted octanol–water partition coefficient (Wildman–Crippen LogP) is 2.38. The highest BCUT2D eigenvalue weighted by Gasteiger charge is 2.03. The van der Waals surface area contributed by atoms with E-state index in [0.29, 0.717) is 19.0 Å². The molecule has 136 valence electrons. The van der Waals surface area contributed by atoms with E-state index in [9.17, 15) is 9.18 Å². The van der Waals surface area contributed by atoms with Crippen molar-refractivity contribution in [3.05, 3.63) is 35.1 Å². The zero-order chi connectivity index (χ0) is 17.1. The van der Waals surface area contributed by atoms with E-state index in [-0.39, 0.29) is 42.2 Å². The van der Waals surface area contributed by atoms with Crippen LogP contribution in [0.15, 0.2) is 23.2 Å². The fraction of sp³-hybridized carbons (Fsp3) is 0.529. The first-order valence-corrected chi connectivity index (χ1v) is 8.10. The van der Waals surface area contributed by atoms with Crippen molar-refractivity contribution in [2.75, 3.05) is 26.2 Å². The Morgan fingerprint density at radius 1 is 1.17 bits per heavy atom. The third-order valence-corrected chi connectivity index (χ3v) is 3.29. The zero-order valence-electron chi connectivity index (χ0n) is 14.6. The van der Waals surface area contributed by atoms with Gasteiger partial charge in [-0.1, -0.05) is 13.0 Å². The van der Waals surface area contributed by atoms with E-state index >= 15 is 0 Å². The smallest absolute Gasteiger partial charge is 0.241 e. The van der Waals surface area contributed by atoms with Crippen molar-refractivity contribution in [3.8, 4) is 0 Å². The zero-order valence-corrected chi connectivity index (χ0v) is 16.9. The van der Waals surface area contributed by atoms with Crippen LogP contribution in [0.2, 0.25) is 0 Å². The van der Waals surface area contributed by atoms with Gasteiger partial charge >= 0.3 is 0 Å². The van der Waals surface area contributed by atoms with E-state index in [1.165, 1.54) is 12.1 Å². The molecule has 5 nitrogen and oxygen atoms in total. The SMILES string of the molecule is CCCNC(=O)CN=C(NCC)NCCc1ccc(F)cc1C.I. The fourth-order valence-corrected chi connectivity index (χ4v) is 2.07. The summed E-state index contributed by atoms with van der Waals surface area (Å²) in [7, 11) is 0. The van der Waals surface area contributed by atoms with Crippen molar-refractivity contribution in [1.82, 2.24) is 16.0 Å². The van der Waals surface area contributed by atoms with Crippen LogP contribution in [0.1, 0.15) is 31.4 Å². The van der Waals surface area contributed by atoms with Crippen molar-refractivity contribution in [1.29, 1.82) is 0 Å². The number of rotatable bonds is 8. The largest absolute Gasteiger partial charge is 0.357 e. The number of hydrogen-bond donors (Lipinski definition) is 3. The minimum absolute atomic E-state index is 0. The summed E-state index contributed by atoms with van der Waals surface area (Å²) in [6.45, 7) is 8.03. The number of amides is 1. The highest BCUT2D eigenvalue weighted by molar-refractivity contribution is 14.0. The summed E-state index contributed by atoms with van der Waals surface area (Å²) < 4.78 is 13.1. The summed E-state index contributed by atoms with van der Waals surface area (Å²) in [5.41, 5.74) is 2.03. The molecular weight excluding hydrogens is 422 g/mol. The minimum atomic E-state index is -0.216. The third kappa shape index (κ3) is 9.05. The summed E-state index contributed by atoms with van der Waals surface area (Å²) in [4.78, 5) is 15.8. The Balaban J connectivity index is 0.00000529. The van der Waals surface area contributed by atoms with Gasteiger partial charge in [-0.05, 0) is 49.9 Å². The Labute approximate surface area is 160 Å². The molecule has 0 aromatic heterocycles. The second-order valence-electron chi connectivity index (χ2n) is 5.29. The summed E-state index contributed by atoms with van der Waals surface area (Å²) >= 11 is 0. The molecule has 7 heteroatoms. The molecule has 0 aliphatic rings. The van der Waals surface area contributed by atoms with Crippen LogP contribution < -0.4 is 16.0 Å². The molecule has 1 rings (SSSR count). The maximum atomic E-state index is 13.1. The number of guanidine groups is 1. The molecule has 0 radical (unpaired) electrons. The number of benzene rings is 1. The van der Waals surface area contributed by atoms with Crippen LogP contribution in [-0.2, 0) is 11.2 Å². The molecular formula is C17H28FIN4O. The molecule has 0 aliphatic heterocycles. The highest BCUT2D eigenvalue weighted by atomic mass is 127. The van der Waals surface area contributed by atoms with Gasteiger partial charge in [0.1, 0.15) is 12.4 Å². The van der Waals surface area contributed by atoms with Crippen molar-refractivity contribution in [3.63, 3.8) is 0 Å². The number of halogens is 2. The van der Waals surface area contributed by atoms with E-state index in [1.54, 1.807) is 6.07 Å². The second kappa shape index (κ2) is 13.0. The van der Waals surface area contributed by atoms with Crippen LogP contribution in [0, 0.1) is 12.7 Å². The fourth-order valence-electron chi connectivity index (χ4n) is 2.07. The number of hydrogen-bond acceptors (Lipinski definition) is 2. The van der Waals surface area contributed by atoms with E-state index in [1.807, 2.05) is 20.8 Å². The monoisotopic (exact) mass is 450 g/mol. The lowest BCUT2D eigenvalue weighted by Gasteiger charge is -2.12. The first kappa shape index (κ1) is 22.6. The number of nitrogens with zero attached hydrogens (tertiary/aromatic N) is 1. The van der Waals surface area contributed by atoms with Crippen LogP contribution in [0.5, 0.6) is 0 Å². The number of nitrogens with one attached hydrogen (secondary N) is 3. The molecule has 0 saturated heterocycles. The van der Waals surface area contributed by atoms with Gasteiger partial charge in [0, 0.05) is 19.6 Å². The van der Waals surface area contributed by atoms with Crippen LogP contribution in [0.25, 0.3) is 0 Å². The van der Waals surface area contributed by atoms with E-state index in [4.69, 9.17) is 0 Å². The van der Waals surface area contributed by atoms with Gasteiger partial charge in [0.2, 0.25) is 5.91 Å². The molecule has 0 bridgehead atoms. The summed E-state index contributed by atoms with van der Waals surface area (Å²) in [6, 6.07) is 4.81. The van der Waals surface area contributed by atoms with Crippen LogP contribution in [0.3, 0.4) is 0 Å². The molecule has 24 heavy (non-hydrogen) atoms. The molecule has 1 aromatic carbocycles. The standard InChI is InChI=1S/C17H27FN4O.HI/c1-4-9-20-16(23)12-22-17(19-5-2)21-10-8-14-6-7-15(18)11-13(14)3;/h6-7,11H,4-5,8-10,12H2,1-3H3,(H,20,23)(H2,19,21,22);1H. The van der Waals surface area contributed by atoms with E-state index in [0.717, 1.165) is 30.5 Å². The second-order valence-corrected chi connectivity index (χ2v) is 5.29. The summed E-state index contributed by atoms with van der Waals surface area (Å²) in [6.07, 6.45) is 1.67. The van der Waals surface area contributed by atoms with Crippen molar-refractivity contribution in [2.45, 2.75) is 33.6 Å². The molecule has 0 heterocycles. The van der Waals surface area contributed by atoms with Crippen LogP contribution in [0.4, 0.5) is 4.39 Å². The lowest BCUT2D eigenvalue weighted by molar-refractivity contribution is -0.119. The van der Waals surface area contributed by atoms with Gasteiger partial charge in [-0.2, -0.15) is 0 Å². The van der Waals surface area contributed by atoms with Gasteiger partial charge in [-0.15, -0.1) is 24.0 Å². The Morgan fingerprint density at radius 3 is 2.54 bits per heavy atom. The molecule has 1 aromatic rings. The normalized spacial score (nSPS) is 10.8. The third-order valence-electron chi connectivity index (χ3n) is 3.29. The van der Waals surface area contributed by atoms with E-state index in [2.05, 4.69) is 20.9 Å². The van der Waals surface area contributed by atoms with Crippen molar-refractivity contribution in [2.24, 2.45) is 4.99 Å². The molecule has 0 atom stereocenters. The maximum absolute atomic E-state index is 13.1. The average molecular weight is 450 g/mol. The number of carbonyl (C=O) groups is 1. The Hall–Kier alpha value is -1.38. The van der Waals surface area contributed by atoms with Gasteiger partial charge in [0.25, 0.3) is 0 Å². The lowest BCUT2D eigenvalue weighted by atomic mass is 10.1. The Morgan fingerprint density at radius 2 is 1.92 bits per heavy atom. The quantitative estimate of drug-likeness (QED) is 0.324. The summed E-state index contributed by atoms with van der Waals surface area (Å²) in [5.74, 6) is 0.310.